The second kappa shape index (κ2) is 6.63. The summed E-state index contributed by atoms with van der Waals surface area (Å²) >= 11 is 0. The van der Waals surface area contributed by atoms with Crippen molar-refractivity contribution in [1.82, 2.24) is 9.97 Å². The van der Waals surface area contributed by atoms with E-state index in [4.69, 9.17) is 5.26 Å². The summed E-state index contributed by atoms with van der Waals surface area (Å²) in [5.74, 6) is 0.325. The van der Waals surface area contributed by atoms with Gasteiger partial charge in [-0.2, -0.15) is 5.26 Å². The van der Waals surface area contributed by atoms with Gasteiger partial charge in [0.1, 0.15) is 12.7 Å². The Hall–Kier alpha value is -1.81. The molecule has 1 aromatic heterocycles. The monoisotopic (exact) mass is 228 g/mol. The van der Waals surface area contributed by atoms with Crippen LogP contribution in [-0.2, 0) is 4.74 Å². The molecular weight excluding hydrogens is 218 g/mol. The molecule has 0 fully saturated rings. The number of nitriles is 1. The number of rotatable bonds is 6. The number of hydrogen-bond acceptors (Lipinski definition) is 5. The van der Waals surface area contributed by atoms with E-state index in [1.54, 1.807) is 0 Å². The molecule has 0 atom stereocenters. The Kier molecular flexibility index (Phi) is 5.08. The summed E-state index contributed by atoms with van der Waals surface area (Å²) in [7, 11) is 0. The van der Waals surface area contributed by atoms with Gasteiger partial charge in [0.25, 0.3) is 6.43 Å². The molecule has 0 spiro atoms. The van der Waals surface area contributed by atoms with Crippen LogP contribution >= 0.6 is 0 Å². The SMILES string of the molecule is N#Cc1nccnc1NCCOCC(F)F. The molecule has 0 aliphatic rings. The Morgan fingerprint density at radius 1 is 1.44 bits per heavy atom. The highest BCUT2D eigenvalue weighted by Gasteiger charge is 2.04. The zero-order valence-corrected chi connectivity index (χ0v) is 8.36. The van der Waals surface area contributed by atoms with Crippen LogP contribution in [0, 0.1) is 11.3 Å². The van der Waals surface area contributed by atoms with Crippen LogP contribution in [0.3, 0.4) is 0 Å². The zero-order chi connectivity index (χ0) is 11.8. The molecule has 1 aromatic rings. The van der Waals surface area contributed by atoms with Crippen molar-refractivity contribution in [3.63, 3.8) is 0 Å². The first-order valence-electron chi connectivity index (χ1n) is 4.55. The highest BCUT2D eigenvalue weighted by atomic mass is 19.3. The number of ether oxygens (including phenoxy) is 1. The summed E-state index contributed by atoms with van der Waals surface area (Å²) in [4.78, 5) is 7.66. The smallest absolute Gasteiger partial charge is 0.261 e. The molecule has 5 nitrogen and oxygen atoms in total. The topological polar surface area (TPSA) is 70.8 Å². The molecule has 1 rings (SSSR count). The van der Waals surface area contributed by atoms with Crippen molar-refractivity contribution in [3.8, 4) is 6.07 Å². The van der Waals surface area contributed by atoms with E-state index in [0.29, 0.717) is 12.4 Å². The normalized spacial score (nSPS) is 10.1. The van der Waals surface area contributed by atoms with Gasteiger partial charge in [0, 0.05) is 18.9 Å². The van der Waals surface area contributed by atoms with Gasteiger partial charge in [-0.05, 0) is 0 Å². The lowest BCUT2D eigenvalue weighted by atomic mass is 10.4. The molecule has 0 saturated carbocycles. The number of nitrogens with zero attached hydrogens (tertiary/aromatic N) is 3. The van der Waals surface area contributed by atoms with E-state index in [1.165, 1.54) is 12.4 Å². The Labute approximate surface area is 91.1 Å². The molecule has 0 aromatic carbocycles. The molecule has 0 amide bonds. The number of halogens is 2. The van der Waals surface area contributed by atoms with Crippen molar-refractivity contribution in [1.29, 1.82) is 5.26 Å². The maximum absolute atomic E-state index is 11.7. The Balaban J connectivity index is 2.30. The van der Waals surface area contributed by atoms with Crippen LogP contribution in [0.4, 0.5) is 14.6 Å². The van der Waals surface area contributed by atoms with Gasteiger partial charge in [0.15, 0.2) is 11.5 Å². The summed E-state index contributed by atoms with van der Waals surface area (Å²) in [6.07, 6.45) is 0.367. The van der Waals surface area contributed by atoms with Crippen molar-refractivity contribution in [2.75, 3.05) is 25.1 Å². The first-order chi connectivity index (χ1) is 7.74. The van der Waals surface area contributed by atoms with Crippen LogP contribution in [-0.4, -0.2) is 36.2 Å². The highest BCUT2D eigenvalue weighted by molar-refractivity contribution is 5.46. The van der Waals surface area contributed by atoms with Gasteiger partial charge in [-0.15, -0.1) is 0 Å². The number of aromatic nitrogens is 2. The molecule has 0 aliphatic carbocycles. The Bertz CT molecular complexity index is 367. The quantitative estimate of drug-likeness (QED) is 0.736. The van der Waals surface area contributed by atoms with Gasteiger partial charge >= 0.3 is 0 Å². The average molecular weight is 228 g/mol. The van der Waals surface area contributed by atoms with E-state index in [1.807, 2.05) is 6.07 Å². The van der Waals surface area contributed by atoms with Crippen LogP contribution in [0.2, 0.25) is 0 Å². The maximum atomic E-state index is 11.7. The molecule has 0 radical (unpaired) electrons. The van der Waals surface area contributed by atoms with E-state index in [-0.39, 0.29) is 12.3 Å². The van der Waals surface area contributed by atoms with E-state index in [9.17, 15) is 8.78 Å². The molecule has 1 N–H and O–H groups in total. The average Bonchev–Trinajstić information content (AvgIpc) is 2.29. The van der Waals surface area contributed by atoms with Crippen LogP contribution < -0.4 is 5.32 Å². The summed E-state index contributed by atoms with van der Waals surface area (Å²) in [5.41, 5.74) is 0.163. The first-order valence-corrected chi connectivity index (χ1v) is 4.55. The van der Waals surface area contributed by atoms with Gasteiger partial charge in [0.05, 0.1) is 6.61 Å². The molecule has 1 heterocycles. The van der Waals surface area contributed by atoms with Gasteiger partial charge in [-0.25, -0.2) is 18.7 Å². The van der Waals surface area contributed by atoms with Gasteiger partial charge in [-0.3, -0.25) is 0 Å². The van der Waals surface area contributed by atoms with Crippen LogP contribution in [0.5, 0.6) is 0 Å². The fourth-order valence-corrected chi connectivity index (χ4v) is 0.963. The zero-order valence-electron chi connectivity index (χ0n) is 8.36. The fraction of sp³-hybridized carbons (Fsp3) is 0.444. The number of hydrogen-bond donors (Lipinski definition) is 1. The lowest BCUT2D eigenvalue weighted by Gasteiger charge is -2.06. The van der Waals surface area contributed by atoms with E-state index in [2.05, 4.69) is 20.0 Å². The van der Waals surface area contributed by atoms with Crippen LogP contribution in [0.15, 0.2) is 12.4 Å². The minimum atomic E-state index is -2.47. The standard InChI is InChI=1S/C9H10F2N4O/c10-8(11)6-16-4-3-15-9-7(5-12)13-1-2-14-9/h1-2,8H,3-4,6H2,(H,14,15). The van der Waals surface area contributed by atoms with E-state index in [0.717, 1.165) is 0 Å². The van der Waals surface area contributed by atoms with Gasteiger partial charge in [-0.1, -0.05) is 0 Å². The van der Waals surface area contributed by atoms with Gasteiger partial charge < -0.3 is 10.1 Å². The Morgan fingerprint density at radius 3 is 2.88 bits per heavy atom. The van der Waals surface area contributed by atoms with E-state index < -0.39 is 13.0 Å². The largest absolute Gasteiger partial charge is 0.374 e. The molecule has 16 heavy (non-hydrogen) atoms. The van der Waals surface area contributed by atoms with Crippen molar-refractivity contribution < 1.29 is 13.5 Å². The third-order valence-corrected chi connectivity index (χ3v) is 1.59. The molecular formula is C9H10F2N4O. The maximum Gasteiger partial charge on any atom is 0.261 e. The van der Waals surface area contributed by atoms with Crippen molar-refractivity contribution in [2.24, 2.45) is 0 Å². The molecule has 0 saturated heterocycles. The molecule has 86 valence electrons. The number of alkyl halides is 2. The third kappa shape index (κ3) is 4.14. The summed E-state index contributed by atoms with van der Waals surface area (Å²) in [6, 6.07) is 1.86. The summed E-state index contributed by atoms with van der Waals surface area (Å²) in [6.45, 7) is -0.181. The first kappa shape index (κ1) is 12.3. The van der Waals surface area contributed by atoms with Crippen LogP contribution in [0.1, 0.15) is 5.69 Å². The van der Waals surface area contributed by atoms with Gasteiger partial charge in [0.2, 0.25) is 0 Å². The summed E-state index contributed by atoms with van der Waals surface area (Å²) < 4.78 is 28.0. The van der Waals surface area contributed by atoms with E-state index >= 15 is 0 Å². The fourth-order valence-electron chi connectivity index (χ4n) is 0.963. The molecule has 0 aliphatic heterocycles. The van der Waals surface area contributed by atoms with Crippen molar-refractivity contribution in [2.45, 2.75) is 6.43 Å². The number of anilines is 1. The predicted octanol–water partition coefficient (Wildman–Crippen LogP) is 1.04. The Morgan fingerprint density at radius 2 is 2.19 bits per heavy atom. The van der Waals surface area contributed by atoms with Crippen LogP contribution in [0.25, 0.3) is 0 Å². The third-order valence-electron chi connectivity index (χ3n) is 1.59. The molecule has 0 bridgehead atoms. The predicted molar refractivity (Wildman–Crippen MR) is 52.1 cm³/mol. The minimum Gasteiger partial charge on any atom is -0.374 e. The second-order valence-electron chi connectivity index (χ2n) is 2.76. The minimum absolute atomic E-state index is 0.117. The molecule has 7 heteroatoms. The van der Waals surface area contributed by atoms with Crippen molar-refractivity contribution >= 4 is 5.82 Å². The lowest BCUT2D eigenvalue weighted by molar-refractivity contribution is 0.0214. The van der Waals surface area contributed by atoms with Crippen molar-refractivity contribution in [3.05, 3.63) is 18.1 Å². The highest BCUT2D eigenvalue weighted by Crippen LogP contribution is 2.05. The molecule has 0 unspecified atom stereocenters. The number of nitrogens with one attached hydrogen (secondary N) is 1. The summed E-state index contributed by atoms with van der Waals surface area (Å²) in [5, 5.41) is 11.4. The second-order valence-corrected chi connectivity index (χ2v) is 2.76. The lowest BCUT2D eigenvalue weighted by Crippen LogP contribution is -2.14.